The Morgan fingerprint density at radius 1 is 1.21 bits per heavy atom. The van der Waals surface area contributed by atoms with Crippen molar-refractivity contribution in [2.45, 2.75) is 26.5 Å². The Morgan fingerprint density at radius 3 is 2.58 bits per heavy atom. The molecule has 100 valence electrons. The maximum atomic E-state index is 13.5. The maximum Gasteiger partial charge on any atom is 0.129 e. The molecule has 2 N–H and O–H groups in total. The minimum absolute atomic E-state index is 0.000632. The number of nitrogens with two attached hydrogens (primary N) is 1. The third-order valence-electron chi connectivity index (χ3n) is 3.07. The Labute approximate surface area is 113 Å². The lowest BCUT2D eigenvalue weighted by Crippen LogP contribution is -2.06. The van der Waals surface area contributed by atoms with Gasteiger partial charge in [0.2, 0.25) is 0 Å². The molecule has 0 aliphatic carbocycles. The quantitative estimate of drug-likeness (QED) is 0.908. The molecular formula is C16H18FNO. The van der Waals surface area contributed by atoms with Crippen molar-refractivity contribution >= 4 is 0 Å². The van der Waals surface area contributed by atoms with Crippen molar-refractivity contribution in [2.24, 2.45) is 5.73 Å². The predicted octanol–water partition coefficient (Wildman–Crippen LogP) is 3.73. The Hall–Kier alpha value is -1.87. The van der Waals surface area contributed by atoms with Gasteiger partial charge in [0.25, 0.3) is 0 Å². The molecule has 0 aliphatic heterocycles. The van der Waals surface area contributed by atoms with Gasteiger partial charge in [-0.25, -0.2) is 4.39 Å². The van der Waals surface area contributed by atoms with Crippen LogP contribution in [0.25, 0.3) is 0 Å². The summed E-state index contributed by atoms with van der Waals surface area (Å²) in [5, 5.41) is 0. The summed E-state index contributed by atoms with van der Waals surface area (Å²) in [4.78, 5) is 0. The minimum atomic E-state index is -0.243. The fraction of sp³-hybridized carbons (Fsp3) is 0.250. The van der Waals surface area contributed by atoms with Crippen molar-refractivity contribution in [3.8, 4) is 5.75 Å². The minimum Gasteiger partial charge on any atom is -0.489 e. The first-order valence-electron chi connectivity index (χ1n) is 6.30. The molecule has 2 aromatic rings. The molecule has 0 radical (unpaired) electrons. The Balaban J connectivity index is 2.10. The van der Waals surface area contributed by atoms with Crippen molar-refractivity contribution in [2.75, 3.05) is 0 Å². The summed E-state index contributed by atoms with van der Waals surface area (Å²) in [5.74, 6) is 0.514. The molecule has 1 atom stereocenters. The summed E-state index contributed by atoms with van der Waals surface area (Å²) in [7, 11) is 0. The van der Waals surface area contributed by atoms with Crippen LogP contribution in [0.4, 0.5) is 4.39 Å². The zero-order valence-electron chi connectivity index (χ0n) is 11.2. The molecule has 2 aromatic carbocycles. The number of ether oxygens (including phenoxy) is 1. The van der Waals surface area contributed by atoms with E-state index in [2.05, 4.69) is 0 Å². The van der Waals surface area contributed by atoms with E-state index in [0.717, 1.165) is 16.9 Å². The van der Waals surface area contributed by atoms with E-state index >= 15 is 0 Å². The SMILES string of the molecule is Cc1cc(C(C)N)ccc1OCc1ccccc1F. The first-order chi connectivity index (χ1) is 9.08. The maximum absolute atomic E-state index is 13.5. The molecule has 0 aliphatic rings. The van der Waals surface area contributed by atoms with Crippen LogP contribution in [0.15, 0.2) is 42.5 Å². The summed E-state index contributed by atoms with van der Waals surface area (Å²) in [6.07, 6.45) is 0. The molecule has 0 fully saturated rings. The predicted molar refractivity (Wildman–Crippen MR) is 74.5 cm³/mol. The van der Waals surface area contributed by atoms with Crippen LogP contribution in [-0.2, 0) is 6.61 Å². The van der Waals surface area contributed by atoms with Gasteiger partial charge in [0, 0.05) is 11.6 Å². The normalized spacial score (nSPS) is 12.2. The average molecular weight is 259 g/mol. The molecule has 0 amide bonds. The highest BCUT2D eigenvalue weighted by Crippen LogP contribution is 2.23. The van der Waals surface area contributed by atoms with Crippen LogP contribution in [0, 0.1) is 12.7 Å². The molecule has 2 rings (SSSR count). The summed E-state index contributed by atoms with van der Waals surface area (Å²) < 4.78 is 19.1. The second-order valence-corrected chi connectivity index (χ2v) is 4.69. The van der Waals surface area contributed by atoms with Crippen LogP contribution < -0.4 is 10.5 Å². The monoisotopic (exact) mass is 259 g/mol. The van der Waals surface area contributed by atoms with E-state index < -0.39 is 0 Å². The summed E-state index contributed by atoms with van der Waals surface area (Å²) >= 11 is 0. The number of aryl methyl sites for hydroxylation is 1. The fourth-order valence-electron chi connectivity index (χ4n) is 1.89. The molecule has 0 bridgehead atoms. The lowest BCUT2D eigenvalue weighted by molar-refractivity contribution is 0.297. The Bertz CT molecular complexity index is 566. The molecule has 1 unspecified atom stereocenters. The first kappa shape index (κ1) is 13.6. The molecule has 0 saturated heterocycles. The van der Waals surface area contributed by atoms with Gasteiger partial charge in [0.05, 0.1) is 0 Å². The smallest absolute Gasteiger partial charge is 0.129 e. The van der Waals surface area contributed by atoms with E-state index in [1.54, 1.807) is 18.2 Å². The molecule has 0 heterocycles. The number of hydrogen-bond donors (Lipinski definition) is 1. The Morgan fingerprint density at radius 2 is 1.95 bits per heavy atom. The lowest BCUT2D eigenvalue weighted by atomic mass is 10.1. The Kier molecular flexibility index (Phi) is 4.17. The third kappa shape index (κ3) is 3.32. The molecule has 19 heavy (non-hydrogen) atoms. The van der Waals surface area contributed by atoms with Crippen molar-refractivity contribution in [3.05, 3.63) is 65.0 Å². The van der Waals surface area contributed by atoms with Crippen molar-refractivity contribution in [1.82, 2.24) is 0 Å². The van der Waals surface area contributed by atoms with Crippen LogP contribution in [0.3, 0.4) is 0 Å². The number of rotatable bonds is 4. The summed E-state index contributed by atoms with van der Waals surface area (Å²) in [6, 6.07) is 12.4. The van der Waals surface area contributed by atoms with Crippen molar-refractivity contribution in [1.29, 1.82) is 0 Å². The van der Waals surface area contributed by atoms with Gasteiger partial charge >= 0.3 is 0 Å². The van der Waals surface area contributed by atoms with E-state index in [-0.39, 0.29) is 18.5 Å². The molecule has 2 nitrogen and oxygen atoms in total. The van der Waals surface area contributed by atoms with Crippen LogP contribution in [0.5, 0.6) is 5.75 Å². The molecule has 0 saturated carbocycles. The van der Waals surface area contributed by atoms with E-state index in [1.807, 2.05) is 32.0 Å². The summed E-state index contributed by atoms with van der Waals surface area (Å²) in [6.45, 7) is 4.13. The molecular weight excluding hydrogens is 241 g/mol. The van der Waals surface area contributed by atoms with E-state index in [9.17, 15) is 4.39 Å². The first-order valence-corrected chi connectivity index (χ1v) is 6.30. The van der Waals surface area contributed by atoms with Gasteiger partial charge in [-0.15, -0.1) is 0 Å². The largest absolute Gasteiger partial charge is 0.489 e. The highest BCUT2D eigenvalue weighted by atomic mass is 19.1. The summed E-state index contributed by atoms with van der Waals surface area (Å²) in [5.41, 5.74) is 8.45. The van der Waals surface area contributed by atoms with Crippen LogP contribution in [0.1, 0.15) is 29.7 Å². The topological polar surface area (TPSA) is 35.2 Å². The van der Waals surface area contributed by atoms with E-state index in [4.69, 9.17) is 10.5 Å². The molecule has 0 spiro atoms. The second kappa shape index (κ2) is 5.85. The highest BCUT2D eigenvalue weighted by Gasteiger charge is 2.06. The third-order valence-corrected chi connectivity index (χ3v) is 3.07. The lowest BCUT2D eigenvalue weighted by Gasteiger charge is -2.12. The highest BCUT2D eigenvalue weighted by molar-refractivity contribution is 5.37. The second-order valence-electron chi connectivity index (χ2n) is 4.69. The number of halogens is 1. The zero-order valence-corrected chi connectivity index (χ0v) is 11.2. The van der Waals surface area contributed by atoms with E-state index in [1.165, 1.54) is 6.07 Å². The van der Waals surface area contributed by atoms with Gasteiger partial charge in [-0.2, -0.15) is 0 Å². The molecule has 0 aromatic heterocycles. The standard InChI is InChI=1S/C16H18FNO/c1-11-9-13(12(2)18)7-8-16(11)19-10-14-5-3-4-6-15(14)17/h3-9,12H,10,18H2,1-2H3. The van der Waals surface area contributed by atoms with Crippen LogP contribution in [0.2, 0.25) is 0 Å². The fourth-order valence-corrected chi connectivity index (χ4v) is 1.89. The van der Waals surface area contributed by atoms with Gasteiger partial charge in [0.1, 0.15) is 18.2 Å². The van der Waals surface area contributed by atoms with Gasteiger partial charge in [0.15, 0.2) is 0 Å². The van der Waals surface area contributed by atoms with Crippen LogP contribution >= 0.6 is 0 Å². The zero-order chi connectivity index (χ0) is 13.8. The van der Waals surface area contributed by atoms with Crippen molar-refractivity contribution < 1.29 is 9.13 Å². The van der Waals surface area contributed by atoms with Crippen LogP contribution in [-0.4, -0.2) is 0 Å². The van der Waals surface area contributed by atoms with Gasteiger partial charge in [-0.3, -0.25) is 0 Å². The van der Waals surface area contributed by atoms with Gasteiger partial charge in [-0.1, -0.05) is 30.3 Å². The van der Waals surface area contributed by atoms with Gasteiger partial charge < -0.3 is 10.5 Å². The number of benzene rings is 2. The average Bonchev–Trinajstić information content (AvgIpc) is 2.39. The van der Waals surface area contributed by atoms with Gasteiger partial charge in [-0.05, 0) is 37.1 Å². The number of hydrogen-bond acceptors (Lipinski definition) is 2. The van der Waals surface area contributed by atoms with E-state index in [0.29, 0.717) is 5.56 Å². The molecule has 3 heteroatoms. The van der Waals surface area contributed by atoms with Crippen molar-refractivity contribution in [3.63, 3.8) is 0 Å².